The fourth-order valence-electron chi connectivity index (χ4n) is 5.76. The van der Waals surface area contributed by atoms with E-state index in [1.165, 1.54) is 11.1 Å². The highest BCUT2D eigenvalue weighted by atomic mass is 79.9. The second-order valence-corrected chi connectivity index (χ2v) is 10.9. The van der Waals surface area contributed by atoms with Crippen molar-refractivity contribution in [2.75, 3.05) is 6.61 Å². The molecule has 1 aliphatic heterocycles. The van der Waals surface area contributed by atoms with Gasteiger partial charge < -0.3 is 9.84 Å². The van der Waals surface area contributed by atoms with Crippen LogP contribution in [0.4, 0.5) is 4.79 Å². The number of carboxylic acid groups (broad SMARTS) is 1. The zero-order chi connectivity index (χ0) is 24.7. The van der Waals surface area contributed by atoms with E-state index in [2.05, 4.69) is 40.2 Å². The molecule has 1 N–H and O–H groups in total. The summed E-state index contributed by atoms with van der Waals surface area (Å²) < 4.78 is 6.84. The highest BCUT2D eigenvalue weighted by Gasteiger charge is 2.49. The van der Waals surface area contributed by atoms with Gasteiger partial charge in [-0.15, -0.1) is 0 Å². The van der Waals surface area contributed by atoms with Crippen LogP contribution in [0.5, 0.6) is 0 Å². The first-order valence-electron chi connectivity index (χ1n) is 11.9. The van der Waals surface area contributed by atoms with Gasteiger partial charge in [0.05, 0.1) is 6.04 Å². The molecule has 1 saturated heterocycles. The van der Waals surface area contributed by atoms with Crippen LogP contribution in [0.25, 0.3) is 11.1 Å². The van der Waals surface area contributed by atoms with Crippen LogP contribution in [0.3, 0.4) is 0 Å². The van der Waals surface area contributed by atoms with Crippen LogP contribution < -0.4 is 0 Å². The molecule has 3 aromatic rings. The lowest BCUT2D eigenvalue weighted by Crippen LogP contribution is -2.50. The highest BCUT2D eigenvalue weighted by Crippen LogP contribution is 2.45. The van der Waals surface area contributed by atoms with Gasteiger partial charge in [0.25, 0.3) is 0 Å². The molecule has 0 radical (unpaired) electrons. The van der Waals surface area contributed by atoms with Crippen LogP contribution in [0.2, 0.25) is 0 Å². The Balaban J connectivity index is 1.41. The number of halogens is 1. The van der Waals surface area contributed by atoms with E-state index in [0.29, 0.717) is 18.4 Å². The van der Waals surface area contributed by atoms with Crippen LogP contribution in [-0.4, -0.2) is 40.3 Å². The Hall–Kier alpha value is -3.12. The fraction of sp³-hybridized carbons (Fsp3) is 0.310. The molecule has 1 amide bonds. The Morgan fingerprint density at radius 1 is 1.00 bits per heavy atom. The van der Waals surface area contributed by atoms with Gasteiger partial charge in [-0.25, -0.2) is 4.79 Å². The maximum absolute atomic E-state index is 13.6. The Bertz CT molecular complexity index is 1220. The van der Waals surface area contributed by atoms with Gasteiger partial charge in [0.15, 0.2) is 0 Å². The summed E-state index contributed by atoms with van der Waals surface area (Å²) in [5, 5.41) is 10.2. The summed E-state index contributed by atoms with van der Waals surface area (Å²) in [6.07, 6.45) is 0.856. The molecule has 1 aliphatic carbocycles. The molecule has 0 unspecified atom stereocenters. The van der Waals surface area contributed by atoms with Gasteiger partial charge in [-0.2, -0.15) is 0 Å². The molecule has 5 rings (SSSR count). The fourth-order valence-corrected chi connectivity index (χ4v) is 6.03. The average molecular weight is 534 g/mol. The lowest BCUT2D eigenvalue weighted by atomic mass is 9.90. The lowest BCUT2D eigenvalue weighted by molar-refractivity contribution is -0.140. The third kappa shape index (κ3) is 4.25. The van der Waals surface area contributed by atoms with Gasteiger partial charge >= 0.3 is 12.1 Å². The maximum Gasteiger partial charge on any atom is 0.410 e. The van der Waals surface area contributed by atoms with Crippen LogP contribution in [0, 0.1) is 0 Å². The maximum atomic E-state index is 13.6. The SMILES string of the molecule is CC1(C)CC[C@@H]([C@H](C(=O)O)c2ccc(Br)cc2)N1C(=O)OCC1c2ccccc2-c2ccccc21. The van der Waals surface area contributed by atoms with Crippen molar-refractivity contribution < 1.29 is 19.4 Å². The Labute approximate surface area is 213 Å². The van der Waals surface area contributed by atoms with Crippen LogP contribution in [-0.2, 0) is 9.53 Å². The van der Waals surface area contributed by atoms with Gasteiger partial charge in [-0.1, -0.05) is 76.6 Å². The minimum atomic E-state index is -0.938. The van der Waals surface area contributed by atoms with Crippen molar-refractivity contribution >= 4 is 28.0 Å². The number of hydrogen-bond donors (Lipinski definition) is 1. The topological polar surface area (TPSA) is 66.8 Å². The highest BCUT2D eigenvalue weighted by molar-refractivity contribution is 9.10. The molecular weight excluding hydrogens is 506 g/mol. The van der Waals surface area contributed by atoms with Crippen LogP contribution in [0.1, 0.15) is 55.2 Å². The number of aliphatic carboxylic acids is 1. The molecular formula is C29H28BrNO4. The van der Waals surface area contributed by atoms with E-state index < -0.39 is 29.6 Å². The van der Waals surface area contributed by atoms with E-state index in [9.17, 15) is 14.7 Å². The van der Waals surface area contributed by atoms with E-state index in [-0.39, 0.29) is 12.5 Å². The zero-order valence-corrected chi connectivity index (χ0v) is 21.4. The number of rotatable bonds is 5. The lowest BCUT2D eigenvalue weighted by Gasteiger charge is -2.37. The number of nitrogens with zero attached hydrogens (tertiary/aromatic N) is 1. The summed E-state index contributed by atoms with van der Waals surface area (Å²) in [6.45, 7) is 4.17. The number of fused-ring (bicyclic) bond motifs is 3. The predicted octanol–water partition coefficient (Wildman–Crippen LogP) is 6.81. The van der Waals surface area contributed by atoms with E-state index in [0.717, 1.165) is 15.6 Å². The smallest absolute Gasteiger partial charge is 0.410 e. The molecule has 0 aromatic heterocycles. The van der Waals surface area contributed by atoms with E-state index in [4.69, 9.17) is 4.74 Å². The average Bonchev–Trinajstić information content (AvgIpc) is 3.32. The first kappa shape index (κ1) is 23.6. The van der Waals surface area contributed by atoms with Gasteiger partial charge in [0, 0.05) is 15.9 Å². The summed E-state index contributed by atoms with van der Waals surface area (Å²) in [7, 11) is 0. The van der Waals surface area contributed by atoms with Crippen molar-refractivity contribution in [3.8, 4) is 11.1 Å². The Morgan fingerprint density at radius 3 is 2.14 bits per heavy atom. The number of amides is 1. The second kappa shape index (κ2) is 9.15. The first-order valence-corrected chi connectivity index (χ1v) is 12.7. The largest absolute Gasteiger partial charge is 0.481 e. The summed E-state index contributed by atoms with van der Waals surface area (Å²) >= 11 is 3.41. The van der Waals surface area contributed by atoms with Crippen molar-refractivity contribution in [3.63, 3.8) is 0 Å². The number of carboxylic acids is 1. The van der Waals surface area contributed by atoms with Crippen molar-refractivity contribution in [3.05, 3.63) is 94.0 Å². The normalized spacial score (nSPS) is 19.2. The molecule has 0 spiro atoms. The number of hydrogen-bond acceptors (Lipinski definition) is 3. The number of carbonyl (C=O) groups excluding carboxylic acids is 1. The van der Waals surface area contributed by atoms with Gasteiger partial charge in [0.1, 0.15) is 12.5 Å². The van der Waals surface area contributed by atoms with Gasteiger partial charge in [0.2, 0.25) is 0 Å². The van der Waals surface area contributed by atoms with Gasteiger partial charge in [-0.05, 0) is 66.6 Å². The van der Waals surface area contributed by atoms with E-state index >= 15 is 0 Å². The molecule has 0 saturated carbocycles. The molecule has 35 heavy (non-hydrogen) atoms. The summed E-state index contributed by atoms with van der Waals surface area (Å²) in [6, 6.07) is 23.2. The van der Waals surface area contributed by atoms with Crippen molar-refractivity contribution in [2.24, 2.45) is 0 Å². The monoisotopic (exact) mass is 533 g/mol. The molecule has 5 nitrogen and oxygen atoms in total. The van der Waals surface area contributed by atoms with Crippen LogP contribution in [0.15, 0.2) is 77.3 Å². The first-order chi connectivity index (χ1) is 16.8. The predicted molar refractivity (Wildman–Crippen MR) is 139 cm³/mol. The Kier molecular flexibility index (Phi) is 6.18. The second-order valence-electron chi connectivity index (χ2n) is 9.96. The van der Waals surface area contributed by atoms with Crippen molar-refractivity contribution in [2.45, 2.75) is 50.1 Å². The molecule has 2 atom stereocenters. The van der Waals surface area contributed by atoms with E-state index in [1.807, 2.05) is 62.4 Å². The minimum absolute atomic E-state index is 0.0442. The Morgan fingerprint density at radius 2 is 1.57 bits per heavy atom. The van der Waals surface area contributed by atoms with Crippen LogP contribution >= 0.6 is 15.9 Å². The molecule has 3 aromatic carbocycles. The molecule has 0 bridgehead atoms. The number of benzene rings is 3. The van der Waals surface area contributed by atoms with Crippen molar-refractivity contribution in [1.82, 2.24) is 4.90 Å². The number of ether oxygens (including phenoxy) is 1. The van der Waals surface area contributed by atoms with Gasteiger partial charge in [-0.3, -0.25) is 9.69 Å². The quantitative estimate of drug-likeness (QED) is 0.391. The molecule has 1 heterocycles. The molecule has 180 valence electrons. The molecule has 6 heteroatoms. The number of carbonyl (C=O) groups is 2. The third-order valence-corrected chi connectivity index (χ3v) is 7.98. The standard InChI is InChI=1S/C29H28BrNO4/c1-29(2)16-15-25(26(27(32)33)18-11-13-19(30)14-12-18)31(29)28(34)35-17-24-22-9-5-3-7-20(22)21-8-4-6-10-23(21)24/h3-14,24-26H,15-17H2,1-2H3,(H,32,33)/t25-,26+/m0/s1. The molecule has 1 fully saturated rings. The van der Waals surface area contributed by atoms with E-state index in [1.54, 1.807) is 4.90 Å². The molecule has 2 aliphatic rings. The minimum Gasteiger partial charge on any atom is -0.481 e. The zero-order valence-electron chi connectivity index (χ0n) is 19.8. The summed E-state index contributed by atoms with van der Waals surface area (Å²) in [5.74, 6) is -1.81. The summed E-state index contributed by atoms with van der Waals surface area (Å²) in [5.41, 5.74) is 4.82. The number of likely N-dealkylation sites (tertiary alicyclic amines) is 1. The van der Waals surface area contributed by atoms with Crippen molar-refractivity contribution in [1.29, 1.82) is 0 Å². The summed E-state index contributed by atoms with van der Waals surface area (Å²) in [4.78, 5) is 27.6. The third-order valence-electron chi connectivity index (χ3n) is 7.45.